The Kier molecular flexibility index (Phi) is 10.2. The summed E-state index contributed by atoms with van der Waals surface area (Å²) < 4.78 is 0.917. The summed E-state index contributed by atoms with van der Waals surface area (Å²) in [5.41, 5.74) is 0.836. The number of amides is 1. The van der Waals surface area contributed by atoms with Gasteiger partial charge in [-0.3, -0.25) is 4.79 Å². The van der Waals surface area contributed by atoms with E-state index < -0.39 is 0 Å². The minimum atomic E-state index is 0. The molecule has 1 aliphatic rings. The molecule has 1 amide bonds. The molecule has 1 fully saturated rings. The van der Waals surface area contributed by atoms with E-state index in [9.17, 15) is 4.79 Å². The van der Waals surface area contributed by atoms with Crippen molar-refractivity contribution in [2.45, 2.75) is 6.42 Å². The molecule has 0 unspecified atom stereocenters. The Morgan fingerprint density at radius 1 is 1.25 bits per heavy atom. The molecule has 2 N–H and O–H groups in total. The molecule has 1 aromatic carbocycles. The molecule has 1 saturated heterocycles. The van der Waals surface area contributed by atoms with Crippen LogP contribution >= 0.6 is 40.7 Å². The largest absolute Gasteiger partial charge is 0.325 e. The summed E-state index contributed by atoms with van der Waals surface area (Å²) >= 11 is 3.42. The van der Waals surface area contributed by atoms with Crippen LogP contribution in [0.5, 0.6) is 0 Å². The van der Waals surface area contributed by atoms with Crippen molar-refractivity contribution in [3.8, 4) is 0 Å². The summed E-state index contributed by atoms with van der Waals surface area (Å²) in [7, 11) is 0. The molecule has 114 valence electrons. The third-order valence-corrected chi connectivity index (χ3v) is 3.70. The van der Waals surface area contributed by atoms with Gasteiger partial charge in [0.15, 0.2) is 0 Å². The number of carbonyl (C=O) groups excluding carboxylic acids is 1. The number of rotatable bonds is 4. The Balaban J connectivity index is 0.00000180. The first-order valence-electron chi connectivity index (χ1n) is 6.23. The molecule has 2 rings (SSSR count). The number of nitrogens with one attached hydrogen (secondary N) is 2. The van der Waals surface area contributed by atoms with E-state index in [-0.39, 0.29) is 30.7 Å². The monoisotopic (exact) mass is 383 g/mol. The number of hydrogen-bond donors (Lipinski definition) is 2. The van der Waals surface area contributed by atoms with E-state index >= 15 is 0 Å². The van der Waals surface area contributed by atoms with Gasteiger partial charge in [0.25, 0.3) is 0 Å². The standard InChI is InChI=1S/C13H18BrN3O.2ClH/c14-11-3-1-2-4-12(11)16-13(18)5-8-17-9-6-15-7-10-17;;/h1-4,15H,5-10H2,(H,16,18);2*1H. The molecule has 0 atom stereocenters. The van der Waals surface area contributed by atoms with Crippen LogP contribution < -0.4 is 10.6 Å². The lowest BCUT2D eigenvalue weighted by Gasteiger charge is -2.26. The van der Waals surface area contributed by atoms with Gasteiger partial charge in [0.2, 0.25) is 5.91 Å². The second kappa shape index (κ2) is 10.4. The van der Waals surface area contributed by atoms with Crippen LogP contribution in [0.15, 0.2) is 28.7 Å². The fourth-order valence-corrected chi connectivity index (χ4v) is 2.35. The van der Waals surface area contributed by atoms with Gasteiger partial charge in [-0.15, -0.1) is 24.8 Å². The number of anilines is 1. The van der Waals surface area contributed by atoms with Gasteiger partial charge in [0.05, 0.1) is 5.69 Å². The molecule has 20 heavy (non-hydrogen) atoms. The molecule has 1 heterocycles. The zero-order valence-electron chi connectivity index (χ0n) is 11.1. The van der Waals surface area contributed by atoms with E-state index in [1.807, 2.05) is 24.3 Å². The van der Waals surface area contributed by atoms with Crippen molar-refractivity contribution >= 4 is 52.3 Å². The number of nitrogens with zero attached hydrogens (tertiary/aromatic N) is 1. The Hall–Kier alpha value is -0.330. The van der Waals surface area contributed by atoms with Crippen molar-refractivity contribution in [3.05, 3.63) is 28.7 Å². The Morgan fingerprint density at radius 2 is 1.90 bits per heavy atom. The summed E-state index contributed by atoms with van der Waals surface area (Å²) in [6.45, 7) is 4.93. The van der Waals surface area contributed by atoms with Gasteiger partial charge in [0, 0.05) is 43.6 Å². The predicted octanol–water partition coefficient (Wildman–Crippen LogP) is 2.53. The lowest BCUT2D eigenvalue weighted by molar-refractivity contribution is -0.116. The van der Waals surface area contributed by atoms with Crippen molar-refractivity contribution in [1.29, 1.82) is 0 Å². The molecule has 0 radical (unpaired) electrons. The van der Waals surface area contributed by atoms with Gasteiger partial charge in [-0.05, 0) is 28.1 Å². The summed E-state index contributed by atoms with van der Waals surface area (Å²) in [6.07, 6.45) is 0.543. The number of benzene rings is 1. The maximum Gasteiger partial charge on any atom is 0.225 e. The SMILES string of the molecule is Cl.Cl.O=C(CCN1CCNCC1)Nc1ccccc1Br. The van der Waals surface area contributed by atoms with Gasteiger partial charge < -0.3 is 15.5 Å². The molecule has 1 aliphatic heterocycles. The fourth-order valence-electron chi connectivity index (χ4n) is 1.97. The normalized spacial score (nSPS) is 14.8. The van der Waals surface area contributed by atoms with Crippen LogP contribution in [0.4, 0.5) is 5.69 Å². The van der Waals surface area contributed by atoms with E-state index in [1.54, 1.807) is 0 Å². The molecule has 4 nitrogen and oxygen atoms in total. The Labute approximate surface area is 140 Å². The van der Waals surface area contributed by atoms with Gasteiger partial charge >= 0.3 is 0 Å². The fraction of sp³-hybridized carbons (Fsp3) is 0.462. The zero-order chi connectivity index (χ0) is 12.8. The van der Waals surface area contributed by atoms with E-state index in [2.05, 4.69) is 31.5 Å². The molecule has 7 heteroatoms. The molecular formula is C13H20BrCl2N3O. The Bertz CT molecular complexity index is 414. The highest BCUT2D eigenvalue weighted by atomic mass is 79.9. The lowest BCUT2D eigenvalue weighted by atomic mass is 10.3. The van der Waals surface area contributed by atoms with E-state index in [4.69, 9.17) is 0 Å². The molecule has 0 bridgehead atoms. The minimum absolute atomic E-state index is 0. The Morgan fingerprint density at radius 3 is 2.55 bits per heavy atom. The molecule has 0 aromatic heterocycles. The van der Waals surface area contributed by atoms with E-state index in [1.165, 1.54) is 0 Å². The molecule has 1 aromatic rings. The predicted molar refractivity (Wildman–Crippen MR) is 91.2 cm³/mol. The van der Waals surface area contributed by atoms with Crippen LogP contribution in [0, 0.1) is 0 Å². The van der Waals surface area contributed by atoms with Crippen LogP contribution in [0.2, 0.25) is 0 Å². The average molecular weight is 385 g/mol. The molecular weight excluding hydrogens is 365 g/mol. The maximum atomic E-state index is 11.8. The van der Waals surface area contributed by atoms with Crippen LogP contribution in [0.25, 0.3) is 0 Å². The highest BCUT2D eigenvalue weighted by Gasteiger charge is 2.11. The van der Waals surface area contributed by atoms with Gasteiger partial charge in [-0.2, -0.15) is 0 Å². The van der Waals surface area contributed by atoms with Gasteiger partial charge in [-0.25, -0.2) is 0 Å². The van der Waals surface area contributed by atoms with Crippen LogP contribution in [-0.2, 0) is 4.79 Å². The second-order valence-electron chi connectivity index (χ2n) is 4.37. The molecule has 0 aliphatic carbocycles. The molecule has 0 saturated carbocycles. The van der Waals surface area contributed by atoms with Gasteiger partial charge in [-0.1, -0.05) is 12.1 Å². The number of para-hydroxylation sites is 1. The first-order chi connectivity index (χ1) is 8.75. The zero-order valence-corrected chi connectivity index (χ0v) is 14.3. The topological polar surface area (TPSA) is 44.4 Å². The number of piperazine rings is 1. The average Bonchev–Trinajstić information content (AvgIpc) is 2.40. The minimum Gasteiger partial charge on any atom is -0.325 e. The van der Waals surface area contributed by atoms with Crippen LogP contribution in [0.1, 0.15) is 6.42 Å². The molecule has 0 spiro atoms. The van der Waals surface area contributed by atoms with E-state index in [0.29, 0.717) is 6.42 Å². The van der Waals surface area contributed by atoms with Crippen LogP contribution in [-0.4, -0.2) is 43.5 Å². The maximum absolute atomic E-state index is 11.8. The van der Waals surface area contributed by atoms with Crippen molar-refractivity contribution in [3.63, 3.8) is 0 Å². The summed E-state index contributed by atoms with van der Waals surface area (Å²) in [4.78, 5) is 14.1. The number of carbonyl (C=O) groups is 1. The third kappa shape index (κ3) is 6.41. The first kappa shape index (κ1) is 19.7. The smallest absolute Gasteiger partial charge is 0.225 e. The second-order valence-corrected chi connectivity index (χ2v) is 5.22. The van der Waals surface area contributed by atoms with Gasteiger partial charge in [0.1, 0.15) is 0 Å². The highest BCUT2D eigenvalue weighted by molar-refractivity contribution is 9.10. The lowest BCUT2D eigenvalue weighted by Crippen LogP contribution is -2.44. The summed E-state index contributed by atoms with van der Waals surface area (Å²) in [5.74, 6) is 0.0698. The first-order valence-corrected chi connectivity index (χ1v) is 7.02. The van der Waals surface area contributed by atoms with E-state index in [0.717, 1.165) is 42.9 Å². The summed E-state index contributed by atoms with van der Waals surface area (Å²) in [5, 5.41) is 6.22. The van der Waals surface area contributed by atoms with Crippen molar-refractivity contribution < 1.29 is 4.79 Å². The quantitative estimate of drug-likeness (QED) is 0.838. The van der Waals surface area contributed by atoms with Crippen molar-refractivity contribution in [1.82, 2.24) is 10.2 Å². The van der Waals surface area contributed by atoms with Crippen molar-refractivity contribution in [2.24, 2.45) is 0 Å². The number of hydrogen-bond acceptors (Lipinski definition) is 3. The van der Waals surface area contributed by atoms with Crippen molar-refractivity contribution in [2.75, 3.05) is 38.0 Å². The highest BCUT2D eigenvalue weighted by Crippen LogP contribution is 2.21. The third-order valence-electron chi connectivity index (χ3n) is 3.01. The van der Waals surface area contributed by atoms with Crippen LogP contribution in [0.3, 0.4) is 0 Å². The number of halogens is 3. The summed E-state index contributed by atoms with van der Waals surface area (Å²) in [6, 6.07) is 7.66.